The highest BCUT2D eigenvalue weighted by atomic mass is 16.5. The fraction of sp³-hybridized carbons (Fsp3) is 0.520. The van der Waals surface area contributed by atoms with E-state index in [0.717, 1.165) is 30.7 Å². The van der Waals surface area contributed by atoms with Crippen LogP contribution in [0.3, 0.4) is 0 Å². The van der Waals surface area contributed by atoms with E-state index >= 15 is 0 Å². The molecule has 0 radical (unpaired) electrons. The Morgan fingerprint density at radius 1 is 1.21 bits per heavy atom. The lowest BCUT2D eigenvalue weighted by Gasteiger charge is -2.36. The number of hydrogen-bond acceptors (Lipinski definition) is 6. The van der Waals surface area contributed by atoms with Crippen molar-refractivity contribution in [1.29, 1.82) is 0 Å². The van der Waals surface area contributed by atoms with E-state index in [1.807, 2.05) is 11.6 Å². The minimum atomic E-state index is -0.433. The van der Waals surface area contributed by atoms with Gasteiger partial charge in [0.15, 0.2) is 0 Å². The first kappa shape index (κ1) is 23.9. The summed E-state index contributed by atoms with van der Waals surface area (Å²) in [6, 6.07) is 6.36. The highest BCUT2D eigenvalue weighted by Gasteiger charge is 2.39. The number of amides is 2. The molecular weight excluding hydrogens is 436 g/mol. The van der Waals surface area contributed by atoms with Crippen molar-refractivity contribution < 1.29 is 23.9 Å². The van der Waals surface area contributed by atoms with Gasteiger partial charge in [-0.3, -0.25) is 14.3 Å². The second kappa shape index (κ2) is 10.4. The van der Waals surface area contributed by atoms with Gasteiger partial charge in [-0.25, -0.2) is 4.79 Å². The van der Waals surface area contributed by atoms with Crippen molar-refractivity contribution in [3.8, 4) is 0 Å². The normalized spacial score (nSPS) is 16.9. The molecule has 0 aliphatic carbocycles. The second-order valence-electron chi connectivity index (χ2n) is 8.96. The van der Waals surface area contributed by atoms with Crippen LogP contribution in [0, 0.1) is 5.41 Å². The first-order valence-electron chi connectivity index (χ1n) is 11.9. The van der Waals surface area contributed by atoms with Crippen molar-refractivity contribution in [3.05, 3.63) is 52.3 Å². The number of aromatic nitrogens is 2. The predicted molar refractivity (Wildman–Crippen MR) is 125 cm³/mol. The van der Waals surface area contributed by atoms with Crippen LogP contribution in [0.15, 0.2) is 24.3 Å². The Balaban J connectivity index is 1.40. The number of benzene rings is 1. The number of aryl methyl sites for hydroxylation is 2. The second-order valence-corrected chi connectivity index (χ2v) is 8.96. The summed E-state index contributed by atoms with van der Waals surface area (Å²) in [4.78, 5) is 36.9. The molecule has 1 fully saturated rings. The van der Waals surface area contributed by atoms with Crippen molar-refractivity contribution in [3.63, 3.8) is 0 Å². The number of rotatable bonds is 7. The molecule has 1 spiro atoms. The Labute approximate surface area is 199 Å². The molecule has 2 aliphatic heterocycles. The fourth-order valence-corrected chi connectivity index (χ4v) is 4.72. The molecule has 1 aromatic heterocycles. The summed E-state index contributed by atoms with van der Waals surface area (Å²) in [5.41, 5.74) is 3.37. The van der Waals surface area contributed by atoms with E-state index in [-0.39, 0.29) is 23.8 Å². The topological polar surface area (TPSA) is 112 Å². The molecule has 182 valence electrons. The lowest BCUT2D eigenvalue weighted by Crippen LogP contribution is -2.40. The average molecular weight is 469 g/mol. The van der Waals surface area contributed by atoms with Gasteiger partial charge in [-0.05, 0) is 55.4 Å². The summed E-state index contributed by atoms with van der Waals surface area (Å²) in [5, 5.41) is 10.4. The predicted octanol–water partition coefficient (Wildman–Crippen LogP) is 2.13. The average Bonchev–Trinajstić information content (AvgIpc) is 3.15. The molecule has 0 bridgehead atoms. The molecule has 34 heavy (non-hydrogen) atoms. The van der Waals surface area contributed by atoms with Gasteiger partial charge in [0, 0.05) is 45.3 Å². The van der Waals surface area contributed by atoms with E-state index in [1.165, 1.54) is 0 Å². The lowest BCUT2D eigenvalue weighted by atomic mass is 9.76. The summed E-state index contributed by atoms with van der Waals surface area (Å²) < 4.78 is 12.9. The lowest BCUT2D eigenvalue weighted by molar-refractivity contribution is 0.0152. The Morgan fingerprint density at radius 3 is 2.59 bits per heavy atom. The summed E-state index contributed by atoms with van der Waals surface area (Å²) in [5.74, 6) is -0.688. The number of ether oxygens (including phenoxy) is 2. The van der Waals surface area contributed by atoms with Crippen LogP contribution in [-0.4, -0.2) is 61.0 Å². The molecule has 0 unspecified atom stereocenters. The number of nitrogens with one attached hydrogen (secondary N) is 2. The molecule has 4 rings (SSSR count). The molecule has 9 heteroatoms. The zero-order valence-corrected chi connectivity index (χ0v) is 19.8. The molecule has 2 amide bonds. The number of carbonyl (C=O) groups excluding carboxylic acids is 3. The SMILES string of the molecule is CCc1nn(CCCOC(=O)c2ccc(C(=O)NC)cc2)c2c1C(=O)NCC1(CCOCC1)C2. The van der Waals surface area contributed by atoms with Gasteiger partial charge in [0.25, 0.3) is 11.8 Å². The van der Waals surface area contributed by atoms with E-state index in [1.54, 1.807) is 31.3 Å². The molecule has 0 atom stereocenters. The van der Waals surface area contributed by atoms with Crippen molar-refractivity contribution in [1.82, 2.24) is 20.4 Å². The van der Waals surface area contributed by atoms with Gasteiger partial charge in [-0.1, -0.05) is 6.92 Å². The fourth-order valence-electron chi connectivity index (χ4n) is 4.72. The zero-order chi connectivity index (χ0) is 24.1. The number of fused-ring (bicyclic) bond motifs is 1. The van der Waals surface area contributed by atoms with Crippen molar-refractivity contribution in [2.75, 3.05) is 33.4 Å². The van der Waals surface area contributed by atoms with Gasteiger partial charge in [-0.2, -0.15) is 5.10 Å². The molecule has 2 aliphatic rings. The van der Waals surface area contributed by atoms with Crippen molar-refractivity contribution >= 4 is 17.8 Å². The van der Waals surface area contributed by atoms with Crippen LogP contribution in [-0.2, 0) is 28.9 Å². The van der Waals surface area contributed by atoms with Gasteiger partial charge < -0.3 is 20.1 Å². The standard InChI is InChI=1S/C25H32N4O5/c1-3-19-21-20(15-25(16-27-23(21)31)9-13-33-14-10-25)29(28-19)11-4-12-34-24(32)18-7-5-17(6-8-18)22(30)26-2/h5-8H,3-4,9-16H2,1-2H3,(H,26,30)(H,27,31). The minimum absolute atomic E-state index is 0.00470. The zero-order valence-electron chi connectivity index (χ0n) is 19.8. The Morgan fingerprint density at radius 2 is 1.91 bits per heavy atom. The largest absolute Gasteiger partial charge is 0.462 e. The van der Waals surface area contributed by atoms with Gasteiger partial charge in [0.2, 0.25) is 0 Å². The van der Waals surface area contributed by atoms with E-state index in [0.29, 0.717) is 55.8 Å². The van der Waals surface area contributed by atoms with Crippen LogP contribution in [0.1, 0.15) is 68.6 Å². The van der Waals surface area contributed by atoms with Crippen molar-refractivity contribution in [2.24, 2.45) is 5.41 Å². The van der Waals surface area contributed by atoms with Gasteiger partial charge in [0.1, 0.15) is 0 Å². The van der Waals surface area contributed by atoms with Crippen LogP contribution in [0.4, 0.5) is 0 Å². The smallest absolute Gasteiger partial charge is 0.338 e. The third-order valence-electron chi connectivity index (χ3n) is 6.77. The van der Waals surface area contributed by atoms with Gasteiger partial charge >= 0.3 is 5.97 Å². The van der Waals surface area contributed by atoms with Crippen LogP contribution < -0.4 is 10.6 Å². The first-order valence-corrected chi connectivity index (χ1v) is 11.9. The molecule has 2 N–H and O–H groups in total. The van der Waals surface area contributed by atoms with Crippen LogP contribution in [0.5, 0.6) is 0 Å². The molecule has 3 heterocycles. The van der Waals surface area contributed by atoms with E-state index < -0.39 is 5.97 Å². The van der Waals surface area contributed by atoms with Crippen LogP contribution in [0.2, 0.25) is 0 Å². The maximum absolute atomic E-state index is 12.9. The number of nitrogens with zero attached hydrogens (tertiary/aromatic N) is 2. The molecular formula is C25H32N4O5. The van der Waals surface area contributed by atoms with E-state index in [4.69, 9.17) is 14.6 Å². The molecule has 2 aromatic rings. The quantitative estimate of drug-likeness (QED) is 0.476. The summed E-state index contributed by atoms with van der Waals surface area (Å²) in [6.07, 6.45) is 3.87. The summed E-state index contributed by atoms with van der Waals surface area (Å²) in [7, 11) is 1.56. The van der Waals surface area contributed by atoms with Gasteiger partial charge in [0.05, 0.1) is 29.1 Å². The highest BCUT2D eigenvalue weighted by molar-refractivity contribution is 5.97. The molecule has 1 saturated heterocycles. The van der Waals surface area contributed by atoms with Crippen LogP contribution in [0.25, 0.3) is 0 Å². The molecule has 1 aromatic carbocycles. The first-order chi connectivity index (χ1) is 16.5. The maximum atomic E-state index is 12.9. The molecule has 9 nitrogen and oxygen atoms in total. The minimum Gasteiger partial charge on any atom is -0.462 e. The molecule has 0 saturated carbocycles. The third-order valence-corrected chi connectivity index (χ3v) is 6.77. The van der Waals surface area contributed by atoms with Gasteiger partial charge in [-0.15, -0.1) is 0 Å². The van der Waals surface area contributed by atoms with E-state index in [2.05, 4.69) is 10.6 Å². The van der Waals surface area contributed by atoms with E-state index in [9.17, 15) is 14.4 Å². The number of esters is 1. The number of carbonyl (C=O) groups is 3. The summed E-state index contributed by atoms with van der Waals surface area (Å²) >= 11 is 0. The van der Waals surface area contributed by atoms with Crippen LogP contribution >= 0.6 is 0 Å². The highest BCUT2D eigenvalue weighted by Crippen LogP contribution is 2.37. The summed E-state index contributed by atoms with van der Waals surface area (Å²) in [6.45, 7) is 4.87. The Kier molecular flexibility index (Phi) is 7.31. The maximum Gasteiger partial charge on any atom is 0.338 e. The monoisotopic (exact) mass is 468 g/mol. The Hall–Kier alpha value is -3.20. The van der Waals surface area contributed by atoms with Crippen molar-refractivity contribution in [2.45, 2.75) is 45.6 Å². The third kappa shape index (κ3) is 4.99. The Bertz CT molecular complexity index is 1050. The number of hydrogen-bond donors (Lipinski definition) is 2.